The number of piperidine rings is 1. The maximum atomic E-state index is 11.9. The third-order valence-corrected chi connectivity index (χ3v) is 3.94. The molecule has 17 heavy (non-hydrogen) atoms. The standard InChI is InChI=1S/C12H22N2O3/c1-17-12(5-3-6-12)9-13-11(16)14-7-2-4-10(15)8-14/h10,15H,2-9H2,1H3,(H,13,16). The van der Waals surface area contributed by atoms with Gasteiger partial charge in [0.25, 0.3) is 0 Å². The molecule has 1 saturated heterocycles. The van der Waals surface area contributed by atoms with E-state index >= 15 is 0 Å². The van der Waals surface area contributed by atoms with Gasteiger partial charge in [-0.25, -0.2) is 4.79 Å². The molecule has 0 radical (unpaired) electrons. The van der Waals surface area contributed by atoms with Crippen LogP contribution in [0.15, 0.2) is 0 Å². The van der Waals surface area contributed by atoms with E-state index in [0.717, 1.165) is 32.2 Å². The van der Waals surface area contributed by atoms with Crippen LogP contribution >= 0.6 is 0 Å². The van der Waals surface area contributed by atoms with Crippen molar-refractivity contribution in [3.05, 3.63) is 0 Å². The first-order valence-corrected chi connectivity index (χ1v) is 6.41. The van der Waals surface area contributed by atoms with Gasteiger partial charge >= 0.3 is 6.03 Å². The summed E-state index contributed by atoms with van der Waals surface area (Å²) in [5.74, 6) is 0. The lowest BCUT2D eigenvalue weighted by molar-refractivity contribution is -0.0681. The Morgan fingerprint density at radius 3 is 2.82 bits per heavy atom. The summed E-state index contributed by atoms with van der Waals surface area (Å²) in [6.45, 7) is 1.77. The molecule has 0 aromatic rings. The van der Waals surface area contributed by atoms with Crippen LogP contribution in [0.2, 0.25) is 0 Å². The van der Waals surface area contributed by atoms with Crippen molar-refractivity contribution in [1.82, 2.24) is 10.2 Å². The maximum Gasteiger partial charge on any atom is 0.317 e. The number of aliphatic hydroxyl groups excluding tert-OH is 1. The van der Waals surface area contributed by atoms with Crippen molar-refractivity contribution < 1.29 is 14.6 Å². The van der Waals surface area contributed by atoms with E-state index in [1.807, 2.05) is 0 Å². The Labute approximate surface area is 102 Å². The van der Waals surface area contributed by atoms with Gasteiger partial charge in [-0.2, -0.15) is 0 Å². The van der Waals surface area contributed by atoms with Crippen LogP contribution in [0.3, 0.4) is 0 Å². The SMILES string of the molecule is COC1(CNC(=O)N2CCCC(O)C2)CCC1. The Bertz CT molecular complexity index is 273. The molecule has 0 bridgehead atoms. The molecular formula is C12H22N2O3. The number of carbonyl (C=O) groups excluding carboxylic acids is 1. The summed E-state index contributed by atoms with van der Waals surface area (Å²) in [6, 6.07) is -0.0768. The lowest BCUT2D eigenvalue weighted by Gasteiger charge is -2.41. The number of likely N-dealkylation sites (tertiary alicyclic amines) is 1. The minimum Gasteiger partial charge on any atom is -0.391 e. The maximum absolute atomic E-state index is 11.9. The molecule has 98 valence electrons. The molecule has 1 aliphatic carbocycles. The van der Waals surface area contributed by atoms with Gasteiger partial charge in [0.15, 0.2) is 0 Å². The third kappa shape index (κ3) is 2.90. The molecule has 1 aliphatic heterocycles. The number of nitrogens with one attached hydrogen (secondary N) is 1. The topological polar surface area (TPSA) is 61.8 Å². The van der Waals surface area contributed by atoms with Crippen molar-refractivity contribution in [2.45, 2.75) is 43.8 Å². The second-order valence-corrected chi connectivity index (χ2v) is 5.14. The zero-order valence-corrected chi connectivity index (χ0v) is 10.4. The van der Waals surface area contributed by atoms with E-state index < -0.39 is 0 Å². The predicted molar refractivity (Wildman–Crippen MR) is 63.8 cm³/mol. The Morgan fingerprint density at radius 2 is 2.29 bits per heavy atom. The monoisotopic (exact) mass is 242 g/mol. The average Bonchev–Trinajstić information content (AvgIpc) is 2.28. The quantitative estimate of drug-likeness (QED) is 0.766. The molecule has 0 aromatic carbocycles. The number of urea groups is 1. The van der Waals surface area contributed by atoms with Crippen molar-refractivity contribution in [1.29, 1.82) is 0 Å². The van der Waals surface area contributed by atoms with E-state index in [0.29, 0.717) is 13.1 Å². The number of carbonyl (C=O) groups is 1. The van der Waals surface area contributed by atoms with Gasteiger partial charge in [0.05, 0.1) is 11.7 Å². The molecule has 1 heterocycles. The van der Waals surface area contributed by atoms with Crippen LogP contribution in [0.1, 0.15) is 32.1 Å². The van der Waals surface area contributed by atoms with Crippen LogP contribution in [0, 0.1) is 0 Å². The van der Waals surface area contributed by atoms with Crippen LogP contribution in [0.4, 0.5) is 4.79 Å². The lowest BCUT2D eigenvalue weighted by Crippen LogP contribution is -2.54. The number of hydrogen-bond acceptors (Lipinski definition) is 3. The van der Waals surface area contributed by atoms with E-state index in [9.17, 15) is 9.90 Å². The Morgan fingerprint density at radius 1 is 1.53 bits per heavy atom. The first-order valence-electron chi connectivity index (χ1n) is 6.41. The summed E-state index contributed by atoms with van der Waals surface area (Å²) in [5.41, 5.74) is -0.135. The molecule has 1 saturated carbocycles. The number of aliphatic hydroxyl groups is 1. The minimum atomic E-state index is -0.366. The first kappa shape index (κ1) is 12.6. The molecule has 2 aliphatic rings. The molecule has 5 heteroatoms. The molecule has 1 unspecified atom stereocenters. The van der Waals surface area contributed by atoms with Crippen LogP contribution in [0.25, 0.3) is 0 Å². The smallest absolute Gasteiger partial charge is 0.317 e. The van der Waals surface area contributed by atoms with Crippen LogP contribution in [0.5, 0.6) is 0 Å². The van der Waals surface area contributed by atoms with E-state index in [1.54, 1.807) is 12.0 Å². The van der Waals surface area contributed by atoms with Gasteiger partial charge in [-0.05, 0) is 32.1 Å². The highest BCUT2D eigenvalue weighted by Crippen LogP contribution is 2.34. The Hall–Kier alpha value is -0.810. The second-order valence-electron chi connectivity index (χ2n) is 5.14. The highest BCUT2D eigenvalue weighted by molar-refractivity contribution is 5.74. The normalized spacial score (nSPS) is 27.4. The molecule has 2 amide bonds. The predicted octanol–water partition coefficient (Wildman–Crippen LogP) is 0.722. The first-order chi connectivity index (χ1) is 8.15. The Kier molecular flexibility index (Phi) is 3.89. The van der Waals surface area contributed by atoms with E-state index in [4.69, 9.17) is 4.74 Å². The third-order valence-electron chi connectivity index (χ3n) is 3.94. The fourth-order valence-electron chi connectivity index (χ4n) is 2.51. The highest BCUT2D eigenvalue weighted by Gasteiger charge is 2.37. The molecule has 5 nitrogen and oxygen atoms in total. The van der Waals surface area contributed by atoms with Crippen molar-refractivity contribution in [3.63, 3.8) is 0 Å². The average molecular weight is 242 g/mol. The fraction of sp³-hybridized carbons (Fsp3) is 0.917. The molecule has 2 N–H and O–H groups in total. The fourth-order valence-corrected chi connectivity index (χ4v) is 2.51. The van der Waals surface area contributed by atoms with E-state index in [1.165, 1.54) is 6.42 Å². The summed E-state index contributed by atoms with van der Waals surface area (Å²) >= 11 is 0. The number of methoxy groups -OCH3 is 1. The van der Waals surface area contributed by atoms with Gasteiger partial charge in [-0.1, -0.05) is 0 Å². The zero-order chi connectivity index (χ0) is 12.3. The summed E-state index contributed by atoms with van der Waals surface area (Å²) in [7, 11) is 1.70. The van der Waals surface area contributed by atoms with Gasteiger partial charge in [0, 0.05) is 26.7 Å². The van der Waals surface area contributed by atoms with Gasteiger partial charge < -0.3 is 20.1 Å². The number of rotatable bonds is 3. The number of β-amino-alcohol motifs (C(OH)–C–C–N with tert-alkyl or cyclic N) is 1. The molecule has 1 atom stereocenters. The van der Waals surface area contributed by atoms with Crippen molar-refractivity contribution >= 4 is 6.03 Å². The molecule has 0 spiro atoms. The zero-order valence-electron chi connectivity index (χ0n) is 10.4. The second kappa shape index (κ2) is 5.23. The van der Waals surface area contributed by atoms with E-state index in [2.05, 4.69) is 5.32 Å². The summed E-state index contributed by atoms with van der Waals surface area (Å²) in [4.78, 5) is 13.6. The van der Waals surface area contributed by atoms with Crippen molar-refractivity contribution in [3.8, 4) is 0 Å². The van der Waals surface area contributed by atoms with Crippen LogP contribution in [-0.2, 0) is 4.74 Å². The summed E-state index contributed by atoms with van der Waals surface area (Å²) < 4.78 is 5.45. The van der Waals surface area contributed by atoms with Gasteiger partial charge in [0.1, 0.15) is 0 Å². The number of hydrogen-bond donors (Lipinski definition) is 2. The van der Waals surface area contributed by atoms with Crippen LogP contribution in [-0.4, -0.2) is 54.5 Å². The van der Waals surface area contributed by atoms with Gasteiger partial charge in [0.2, 0.25) is 0 Å². The largest absolute Gasteiger partial charge is 0.391 e. The molecule has 0 aromatic heterocycles. The van der Waals surface area contributed by atoms with Crippen molar-refractivity contribution in [2.24, 2.45) is 0 Å². The molecule has 2 rings (SSSR count). The van der Waals surface area contributed by atoms with E-state index in [-0.39, 0.29) is 17.7 Å². The minimum absolute atomic E-state index is 0.0768. The van der Waals surface area contributed by atoms with Gasteiger partial charge in [-0.3, -0.25) is 0 Å². The van der Waals surface area contributed by atoms with Gasteiger partial charge in [-0.15, -0.1) is 0 Å². The Balaban J connectivity index is 1.76. The molecule has 2 fully saturated rings. The highest BCUT2D eigenvalue weighted by atomic mass is 16.5. The summed E-state index contributed by atoms with van der Waals surface area (Å²) in [5, 5.41) is 12.4. The molecular weight excluding hydrogens is 220 g/mol. The number of nitrogens with zero attached hydrogens (tertiary/aromatic N) is 1. The summed E-state index contributed by atoms with van der Waals surface area (Å²) in [6.07, 6.45) is 4.52. The lowest BCUT2D eigenvalue weighted by atomic mass is 9.80. The number of ether oxygens (including phenoxy) is 1. The van der Waals surface area contributed by atoms with Crippen LogP contribution < -0.4 is 5.32 Å². The number of amides is 2. The van der Waals surface area contributed by atoms with Crippen molar-refractivity contribution in [2.75, 3.05) is 26.7 Å².